The average Bonchev–Trinajstić information content (AvgIpc) is 2.88. The summed E-state index contributed by atoms with van der Waals surface area (Å²) in [5.74, 6) is 3.26. The van der Waals surface area contributed by atoms with Gasteiger partial charge in [-0.3, -0.25) is 0 Å². The van der Waals surface area contributed by atoms with Gasteiger partial charge in [0.1, 0.15) is 10.8 Å². The van der Waals surface area contributed by atoms with Crippen LogP contribution in [0, 0.1) is 0 Å². The van der Waals surface area contributed by atoms with Gasteiger partial charge in [-0.05, 0) is 52.5 Å². The highest BCUT2D eigenvalue weighted by atomic mass is 32.2. The van der Waals surface area contributed by atoms with Gasteiger partial charge in [0.15, 0.2) is 5.82 Å². The van der Waals surface area contributed by atoms with Crippen LogP contribution in [0.5, 0.6) is 5.75 Å². The van der Waals surface area contributed by atoms with Crippen LogP contribution in [0.4, 0.5) is 11.5 Å². The van der Waals surface area contributed by atoms with Crippen LogP contribution >= 0.6 is 23.5 Å². The number of benzene rings is 1. The van der Waals surface area contributed by atoms with E-state index in [1.807, 2.05) is 23.5 Å². The molecule has 0 radical (unpaired) electrons. The zero-order chi connectivity index (χ0) is 29.6. The van der Waals surface area contributed by atoms with Crippen molar-refractivity contribution in [3.8, 4) is 5.75 Å². The molecule has 0 aliphatic rings. The molecule has 1 heterocycles. The zero-order valence-electron chi connectivity index (χ0n) is 26.7. The quantitative estimate of drug-likeness (QED) is 0.102. The highest BCUT2D eigenvalue weighted by molar-refractivity contribution is 8.02. The molecular formula is C33H56N4OS2. The second-order valence-corrected chi connectivity index (χ2v) is 15.2. The molecule has 2 N–H and O–H groups in total. The molecule has 2 aromatic rings. The van der Waals surface area contributed by atoms with E-state index in [-0.39, 0.29) is 10.8 Å². The Labute approximate surface area is 253 Å². The van der Waals surface area contributed by atoms with Gasteiger partial charge in [0, 0.05) is 16.8 Å². The first-order chi connectivity index (χ1) is 19.0. The number of hydrogen-bond donors (Lipinski definition) is 2. The molecule has 5 nitrogen and oxygen atoms in total. The smallest absolute Gasteiger partial charge is 0.171 e. The third-order valence-corrected chi connectivity index (χ3v) is 9.51. The molecule has 226 valence electrons. The minimum atomic E-state index is -0.195. The second-order valence-electron chi connectivity index (χ2n) is 13.0. The van der Waals surface area contributed by atoms with Crippen molar-refractivity contribution in [1.29, 1.82) is 0 Å². The maximum absolute atomic E-state index is 11.2. The molecule has 0 bridgehead atoms. The zero-order valence-corrected chi connectivity index (χ0v) is 28.3. The SMILES string of the molecule is CCCCCCCCSc1nnnc(Nc2cc(C(C)(C)C)c(O)c(C(C)(C)C)c2)c1SCCCCCCCC. The molecule has 0 atom stereocenters. The van der Waals surface area contributed by atoms with E-state index in [4.69, 9.17) is 0 Å². The Morgan fingerprint density at radius 2 is 1.15 bits per heavy atom. The Balaban J connectivity index is 2.28. The molecule has 0 saturated carbocycles. The molecule has 0 fully saturated rings. The van der Waals surface area contributed by atoms with E-state index in [9.17, 15) is 5.11 Å². The van der Waals surface area contributed by atoms with Crippen LogP contribution in [0.1, 0.15) is 144 Å². The normalized spacial score (nSPS) is 12.2. The lowest BCUT2D eigenvalue weighted by Gasteiger charge is -2.28. The Morgan fingerprint density at radius 3 is 1.65 bits per heavy atom. The lowest BCUT2D eigenvalue weighted by atomic mass is 9.79. The first-order valence-electron chi connectivity index (χ1n) is 15.6. The fraction of sp³-hybridized carbons (Fsp3) is 0.727. The number of phenolic OH excluding ortho intramolecular Hbond substituents is 1. The molecule has 0 aliphatic carbocycles. The summed E-state index contributed by atoms with van der Waals surface area (Å²) in [7, 11) is 0. The van der Waals surface area contributed by atoms with Gasteiger partial charge in [0.2, 0.25) is 0 Å². The van der Waals surface area contributed by atoms with Crippen LogP contribution in [-0.2, 0) is 10.8 Å². The fourth-order valence-corrected chi connectivity index (χ4v) is 6.86. The van der Waals surface area contributed by atoms with Crippen molar-refractivity contribution in [2.24, 2.45) is 0 Å². The molecule has 0 amide bonds. The lowest BCUT2D eigenvalue weighted by molar-refractivity contribution is 0.423. The number of aromatic nitrogens is 3. The molecule has 40 heavy (non-hydrogen) atoms. The Kier molecular flexibility index (Phi) is 15.2. The van der Waals surface area contributed by atoms with E-state index in [2.05, 4.69) is 88.3 Å². The predicted octanol–water partition coefficient (Wildman–Crippen LogP) is 10.8. The topological polar surface area (TPSA) is 70.9 Å². The Bertz CT molecular complexity index is 979. The van der Waals surface area contributed by atoms with Crippen molar-refractivity contribution >= 4 is 35.0 Å². The Hall–Kier alpha value is -1.47. The van der Waals surface area contributed by atoms with Gasteiger partial charge in [-0.25, -0.2) is 0 Å². The summed E-state index contributed by atoms with van der Waals surface area (Å²) in [5, 5.41) is 28.9. The van der Waals surface area contributed by atoms with E-state index in [1.165, 1.54) is 77.0 Å². The van der Waals surface area contributed by atoms with Crippen molar-refractivity contribution in [3.63, 3.8) is 0 Å². The maximum atomic E-state index is 11.2. The first kappa shape index (κ1) is 34.7. The number of anilines is 2. The number of nitrogens with one attached hydrogen (secondary N) is 1. The van der Waals surface area contributed by atoms with Crippen LogP contribution in [0.3, 0.4) is 0 Å². The maximum Gasteiger partial charge on any atom is 0.171 e. The summed E-state index contributed by atoms with van der Waals surface area (Å²) in [5.41, 5.74) is 2.41. The molecule has 0 saturated heterocycles. The van der Waals surface area contributed by atoms with Gasteiger partial charge < -0.3 is 10.4 Å². The van der Waals surface area contributed by atoms with Crippen LogP contribution in [0.15, 0.2) is 22.1 Å². The monoisotopic (exact) mass is 588 g/mol. The van der Waals surface area contributed by atoms with Gasteiger partial charge in [-0.1, -0.05) is 120 Å². The number of aromatic hydroxyl groups is 1. The molecule has 7 heteroatoms. The Morgan fingerprint density at radius 1 is 0.675 bits per heavy atom. The molecule has 1 aromatic heterocycles. The van der Waals surface area contributed by atoms with E-state index < -0.39 is 0 Å². The number of unbranched alkanes of at least 4 members (excludes halogenated alkanes) is 10. The predicted molar refractivity (Wildman–Crippen MR) is 177 cm³/mol. The first-order valence-corrected chi connectivity index (χ1v) is 17.6. The molecule has 0 spiro atoms. The number of thioether (sulfide) groups is 2. The number of nitrogens with zero attached hydrogens (tertiary/aromatic N) is 3. The van der Waals surface area contributed by atoms with Crippen LogP contribution in [-0.4, -0.2) is 32.0 Å². The summed E-state index contributed by atoms with van der Waals surface area (Å²) < 4.78 is 0. The minimum Gasteiger partial charge on any atom is -0.507 e. The third-order valence-electron chi connectivity index (χ3n) is 7.16. The molecular weight excluding hydrogens is 533 g/mol. The van der Waals surface area contributed by atoms with Gasteiger partial charge in [-0.15, -0.1) is 33.7 Å². The standard InChI is InChI=1S/C33H56N4OS2/c1-9-11-13-15-17-19-21-39-29-30(35-37-36-31(29)40-22-20-18-16-14-12-10-2)34-25-23-26(32(3,4)5)28(38)27(24-25)33(6,7)8/h23-24,38H,9-22H2,1-8H3,(H,34,35,36). The molecule has 0 unspecified atom stereocenters. The molecule has 2 rings (SSSR count). The highest BCUT2D eigenvalue weighted by Crippen LogP contribution is 2.42. The van der Waals surface area contributed by atoms with Gasteiger partial charge in [-0.2, -0.15) is 0 Å². The van der Waals surface area contributed by atoms with Crippen molar-refractivity contribution in [2.75, 3.05) is 16.8 Å². The van der Waals surface area contributed by atoms with Crippen molar-refractivity contribution in [3.05, 3.63) is 23.3 Å². The van der Waals surface area contributed by atoms with Crippen molar-refractivity contribution in [1.82, 2.24) is 15.4 Å². The van der Waals surface area contributed by atoms with Crippen LogP contribution < -0.4 is 5.32 Å². The molecule has 0 aliphatic heterocycles. The average molecular weight is 589 g/mol. The van der Waals surface area contributed by atoms with Crippen molar-refractivity contribution in [2.45, 2.75) is 153 Å². The van der Waals surface area contributed by atoms with Gasteiger partial charge in [0.25, 0.3) is 0 Å². The summed E-state index contributed by atoms with van der Waals surface area (Å²) >= 11 is 3.67. The van der Waals surface area contributed by atoms with Crippen LogP contribution in [0.25, 0.3) is 0 Å². The van der Waals surface area contributed by atoms with Gasteiger partial charge >= 0.3 is 0 Å². The highest BCUT2D eigenvalue weighted by Gasteiger charge is 2.27. The largest absolute Gasteiger partial charge is 0.507 e. The summed E-state index contributed by atoms with van der Waals surface area (Å²) in [4.78, 5) is 1.10. The minimum absolute atomic E-state index is 0.195. The number of hydrogen-bond acceptors (Lipinski definition) is 7. The fourth-order valence-electron chi connectivity index (χ4n) is 4.70. The second kappa shape index (κ2) is 17.5. The van der Waals surface area contributed by atoms with Crippen molar-refractivity contribution < 1.29 is 5.11 Å². The van der Waals surface area contributed by atoms with E-state index in [1.54, 1.807) is 0 Å². The van der Waals surface area contributed by atoms with E-state index in [0.29, 0.717) is 5.75 Å². The summed E-state index contributed by atoms with van der Waals surface area (Å²) in [6.07, 6.45) is 15.5. The third kappa shape index (κ3) is 11.8. The number of rotatable bonds is 18. The molecule has 1 aromatic carbocycles. The summed E-state index contributed by atoms with van der Waals surface area (Å²) in [6.45, 7) is 17.4. The van der Waals surface area contributed by atoms with Gasteiger partial charge in [0.05, 0.1) is 4.90 Å². The lowest BCUT2D eigenvalue weighted by Crippen LogP contribution is -2.17. The number of phenols is 1. The van der Waals surface area contributed by atoms with E-state index >= 15 is 0 Å². The summed E-state index contributed by atoms with van der Waals surface area (Å²) in [6, 6.07) is 4.13. The van der Waals surface area contributed by atoms with Crippen LogP contribution in [0.2, 0.25) is 0 Å². The van der Waals surface area contributed by atoms with E-state index in [0.717, 1.165) is 44.1 Å².